The highest BCUT2D eigenvalue weighted by Crippen LogP contribution is 2.31. The first-order valence-electron chi connectivity index (χ1n) is 6.16. The molecule has 2 unspecified atom stereocenters. The van der Waals surface area contributed by atoms with Crippen molar-refractivity contribution in [2.45, 2.75) is 39.5 Å². The zero-order chi connectivity index (χ0) is 10.2. The Morgan fingerprint density at radius 3 is 2.71 bits per heavy atom. The van der Waals surface area contributed by atoms with Crippen molar-refractivity contribution in [1.29, 1.82) is 0 Å². The molecule has 14 heavy (non-hydrogen) atoms. The molecule has 1 aliphatic rings. The summed E-state index contributed by atoms with van der Waals surface area (Å²) in [6.07, 6.45) is 5.41. The third-order valence-electron chi connectivity index (χ3n) is 3.19. The normalized spacial score (nSPS) is 27.0. The van der Waals surface area contributed by atoms with Crippen molar-refractivity contribution in [2.24, 2.45) is 11.8 Å². The minimum atomic E-state index is 0.819. The standard InChI is InChI=1S/C12H25NO/c1-3-8-13-9-11-6-5-7-12(11)10-14-4-2/h11-13H,3-10H2,1-2H3. The van der Waals surface area contributed by atoms with E-state index in [1.807, 2.05) is 0 Å². The van der Waals surface area contributed by atoms with Gasteiger partial charge in [0.1, 0.15) is 0 Å². The van der Waals surface area contributed by atoms with Crippen molar-refractivity contribution in [3.63, 3.8) is 0 Å². The van der Waals surface area contributed by atoms with Crippen LogP contribution < -0.4 is 5.32 Å². The van der Waals surface area contributed by atoms with Gasteiger partial charge in [-0.2, -0.15) is 0 Å². The van der Waals surface area contributed by atoms with Gasteiger partial charge in [-0.05, 0) is 51.1 Å². The van der Waals surface area contributed by atoms with E-state index in [4.69, 9.17) is 4.74 Å². The highest BCUT2D eigenvalue weighted by Gasteiger charge is 2.26. The molecule has 1 rings (SSSR count). The van der Waals surface area contributed by atoms with E-state index in [-0.39, 0.29) is 0 Å². The Bertz CT molecular complexity index is 138. The van der Waals surface area contributed by atoms with Crippen LogP contribution in [-0.2, 0) is 4.74 Å². The largest absolute Gasteiger partial charge is 0.381 e. The monoisotopic (exact) mass is 199 g/mol. The van der Waals surface area contributed by atoms with Gasteiger partial charge in [0.2, 0.25) is 0 Å². The van der Waals surface area contributed by atoms with Crippen molar-refractivity contribution >= 4 is 0 Å². The van der Waals surface area contributed by atoms with Gasteiger partial charge in [-0.25, -0.2) is 0 Å². The van der Waals surface area contributed by atoms with Gasteiger partial charge >= 0.3 is 0 Å². The molecule has 0 aromatic heterocycles. The molecule has 2 nitrogen and oxygen atoms in total. The van der Waals surface area contributed by atoms with Crippen LogP contribution in [0.1, 0.15) is 39.5 Å². The van der Waals surface area contributed by atoms with E-state index in [1.165, 1.54) is 32.2 Å². The summed E-state index contributed by atoms with van der Waals surface area (Å²) in [5.74, 6) is 1.69. The summed E-state index contributed by atoms with van der Waals surface area (Å²) in [6.45, 7) is 8.52. The first kappa shape index (κ1) is 12.0. The molecular weight excluding hydrogens is 174 g/mol. The predicted molar refractivity (Wildman–Crippen MR) is 60.5 cm³/mol. The SMILES string of the molecule is CCCNCC1CCCC1COCC. The van der Waals surface area contributed by atoms with Crippen molar-refractivity contribution < 1.29 is 4.74 Å². The quantitative estimate of drug-likeness (QED) is 0.636. The van der Waals surface area contributed by atoms with Crippen LogP contribution in [0, 0.1) is 11.8 Å². The summed E-state index contributed by atoms with van der Waals surface area (Å²) in [6, 6.07) is 0. The van der Waals surface area contributed by atoms with Gasteiger partial charge in [0.25, 0.3) is 0 Å². The summed E-state index contributed by atoms with van der Waals surface area (Å²) in [5.41, 5.74) is 0. The molecule has 1 saturated carbocycles. The molecule has 1 N–H and O–H groups in total. The third-order valence-corrected chi connectivity index (χ3v) is 3.19. The highest BCUT2D eigenvalue weighted by molar-refractivity contribution is 4.78. The average Bonchev–Trinajstić information content (AvgIpc) is 2.63. The van der Waals surface area contributed by atoms with Gasteiger partial charge in [0.15, 0.2) is 0 Å². The van der Waals surface area contributed by atoms with E-state index >= 15 is 0 Å². The van der Waals surface area contributed by atoms with E-state index in [2.05, 4.69) is 19.2 Å². The van der Waals surface area contributed by atoms with Gasteiger partial charge in [-0.3, -0.25) is 0 Å². The molecule has 0 amide bonds. The van der Waals surface area contributed by atoms with Crippen LogP contribution in [0.15, 0.2) is 0 Å². The fraction of sp³-hybridized carbons (Fsp3) is 1.00. The molecule has 1 fully saturated rings. The molecule has 0 spiro atoms. The molecule has 0 aromatic rings. The zero-order valence-corrected chi connectivity index (χ0v) is 9.72. The predicted octanol–water partition coefficient (Wildman–Crippen LogP) is 2.44. The van der Waals surface area contributed by atoms with Crippen LogP contribution in [-0.4, -0.2) is 26.3 Å². The van der Waals surface area contributed by atoms with E-state index in [0.29, 0.717) is 0 Å². The van der Waals surface area contributed by atoms with E-state index in [9.17, 15) is 0 Å². The van der Waals surface area contributed by atoms with Gasteiger partial charge in [-0.1, -0.05) is 13.3 Å². The second-order valence-electron chi connectivity index (χ2n) is 4.31. The molecule has 0 saturated heterocycles. The fourth-order valence-electron chi connectivity index (χ4n) is 2.34. The van der Waals surface area contributed by atoms with E-state index < -0.39 is 0 Å². The lowest BCUT2D eigenvalue weighted by Gasteiger charge is -2.19. The summed E-state index contributed by atoms with van der Waals surface area (Å²) in [7, 11) is 0. The Morgan fingerprint density at radius 2 is 2.00 bits per heavy atom. The second-order valence-corrected chi connectivity index (χ2v) is 4.31. The van der Waals surface area contributed by atoms with Crippen molar-refractivity contribution in [1.82, 2.24) is 5.32 Å². The lowest BCUT2D eigenvalue weighted by Crippen LogP contribution is -2.27. The maximum absolute atomic E-state index is 5.53. The molecule has 0 aliphatic heterocycles. The Morgan fingerprint density at radius 1 is 1.21 bits per heavy atom. The average molecular weight is 199 g/mol. The van der Waals surface area contributed by atoms with Gasteiger partial charge in [0, 0.05) is 13.2 Å². The number of rotatable bonds is 7. The molecule has 2 atom stereocenters. The van der Waals surface area contributed by atoms with Crippen LogP contribution in [0.25, 0.3) is 0 Å². The zero-order valence-electron chi connectivity index (χ0n) is 9.72. The van der Waals surface area contributed by atoms with E-state index in [0.717, 1.165) is 31.6 Å². The maximum Gasteiger partial charge on any atom is 0.0497 e. The van der Waals surface area contributed by atoms with Crippen LogP contribution >= 0.6 is 0 Å². The summed E-state index contributed by atoms with van der Waals surface area (Å²) < 4.78 is 5.53. The smallest absolute Gasteiger partial charge is 0.0497 e. The van der Waals surface area contributed by atoms with Crippen molar-refractivity contribution in [3.05, 3.63) is 0 Å². The highest BCUT2D eigenvalue weighted by atomic mass is 16.5. The summed E-state index contributed by atoms with van der Waals surface area (Å²) in [5, 5.41) is 3.53. The lowest BCUT2D eigenvalue weighted by molar-refractivity contribution is 0.0952. The van der Waals surface area contributed by atoms with Crippen LogP contribution in [0.3, 0.4) is 0 Å². The van der Waals surface area contributed by atoms with Crippen LogP contribution in [0.2, 0.25) is 0 Å². The minimum absolute atomic E-state index is 0.819. The molecule has 0 bridgehead atoms. The number of hydrogen-bond acceptors (Lipinski definition) is 2. The second kappa shape index (κ2) is 7.24. The Labute approximate surface area is 88.4 Å². The first-order valence-corrected chi connectivity index (χ1v) is 6.16. The first-order chi connectivity index (χ1) is 6.88. The van der Waals surface area contributed by atoms with Crippen molar-refractivity contribution in [2.75, 3.05) is 26.3 Å². The molecular formula is C12H25NO. The lowest BCUT2D eigenvalue weighted by atomic mass is 9.97. The molecule has 2 heteroatoms. The molecule has 0 aromatic carbocycles. The van der Waals surface area contributed by atoms with Gasteiger partial charge in [-0.15, -0.1) is 0 Å². The molecule has 84 valence electrons. The number of ether oxygens (including phenoxy) is 1. The third kappa shape index (κ3) is 3.97. The summed E-state index contributed by atoms with van der Waals surface area (Å²) >= 11 is 0. The van der Waals surface area contributed by atoms with Gasteiger partial charge in [0.05, 0.1) is 0 Å². The Balaban J connectivity index is 2.14. The fourth-order valence-corrected chi connectivity index (χ4v) is 2.34. The topological polar surface area (TPSA) is 21.3 Å². The van der Waals surface area contributed by atoms with Gasteiger partial charge < -0.3 is 10.1 Å². The molecule has 0 radical (unpaired) electrons. The minimum Gasteiger partial charge on any atom is -0.381 e. The van der Waals surface area contributed by atoms with Crippen LogP contribution in [0.5, 0.6) is 0 Å². The maximum atomic E-state index is 5.53. The molecule has 0 heterocycles. The van der Waals surface area contributed by atoms with Crippen molar-refractivity contribution in [3.8, 4) is 0 Å². The van der Waals surface area contributed by atoms with E-state index in [1.54, 1.807) is 0 Å². The summed E-state index contributed by atoms with van der Waals surface area (Å²) in [4.78, 5) is 0. The molecule has 1 aliphatic carbocycles. The Kier molecular flexibility index (Phi) is 6.20. The number of nitrogens with one attached hydrogen (secondary N) is 1. The number of hydrogen-bond donors (Lipinski definition) is 1. The van der Waals surface area contributed by atoms with Crippen LogP contribution in [0.4, 0.5) is 0 Å². The Hall–Kier alpha value is -0.0800.